The first-order valence-corrected chi connectivity index (χ1v) is 12.1. The van der Waals surface area contributed by atoms with E-state index in [0.717, 1.165) is 40.8 Å². The third kappa shape index (κ3) is 5.02. The Hall–Kier alpha value is -2.71. The van der Waals surface area contributed by atoms with E-state index in [1.54, 1.807) is 11.3 Å². The van der Waals surface area contributed by atoms with Crippen molar-refractivity contribution in [2.75, 3.05) is 20.2 Å². The number of aryl methyl sites for hydroxylation is 1. The average Bonchev–Trinajstić information content (AvgIpc) is 3.44. The first-order valence-electron chi connectivity index (χ1n) is 11.2. The zero-order valence-electron chi connectivity index (χ0n) is 18.6. The molecule has 7 nitrogen and oxygen atoms in total. The molecular weight excluding hydrogens is 422 g/mol. The van der Waals surface area contributed by atoms with Crippen molar-refractivity contribution in [3.8, 4) is 5.75 Å². The van der Waals surface area contributed by atoms with Gasteiger partial charge in [0.05, 0.1) is 29.4 Å². The van der Waals surface area contributed by atoms with Crippen molar-refractivity contribution in [1.29, 1.82) is 0 Å². The van der Waals surface area contributed by atoms with Crippen LogP contribution in [-0.2, 0) is 30.8 Å². The number of aromatic nitrogens is 3. The zero-order valence-corrected chi connectivity index (χ0v) is 19.5. The van der Waals surface area contributed by atoms with Crippen LogP contribution >= 0.6 is 11.3 Å². The van der Waals surface area contributed by atoms with Crippen molar-refractivity contribution in [3.05, 3.63) is 62.9 Å². The molecule has 2 aromatic heterocycles. The number of H-pyrrole nitrogens is 1. The molecule has 1 amide bonds. The molecule has 0 atom stereocenters. The summed E-state index contributed by atoms with van der Waals surface area (Å²) in [5, 5.41) is 10.6. The molecule has 5 rings (SSSR count). The smallest absolute Gasteiger partial charge is 0.229 e. The number of carbonyl (C=O) groups excluding carboxylic acids is 1. The molecule has 168 valence electrons. The molecule has 1 aromatic carbocycles. The van der Waals surface area contributed by atoms with Crippen LogP contribution < -0.4 is 4.74 Å². The number of hydrogen-bond donors (Lipinski definition) is 1. The summed E-state index contributed by atoms with van der Waals surface area (Å²) < 4.78 is 5.94. The van der Waals surface area contributed by atoms with Gasteiger partial charge in [0.1, 0.15) is 12.4 Å². The molecule has 2 aliphatic rings. The molecule has 8 heteroatoms. The van der Waals surface area contributed by atoms with Gasteiger partial charge in [-0.05, 0) is 50.6 Å². The van der Waals surface area contributed by atoms with Gasteiger partial charge in [-0.25, -0.2) is 4.98 Å². The van der Waals surface area contributed by atoms with Crippen LogP contribution in [0.1, 0.15) is 52.0 Å². The molecule has 0 saturated heterocycles. The number of thiazole rings is 1. The van der Waals surface area contributed by atoms with Crippen molar-refractivity contribution in [1.82, 2.24) is 25.0 Å². The zero-order chi connectivity index (χ0) is 22.1. The second kappa shape index (κ2) is 9.03. The fourth-order valence-electron chi connectivity index (χ4n) is 4.22. The number of nitrogens with zero attached hydrogens (tertiary/aromatic N) is 4. The summed E-state index contributed by atoms with van der Waals surface area (Å²) in [5.41, 5.74) is 5.48. The van der Waals surface area contributed by atoms with Crippen molar-refractivity contribution in [2.45, 2.75) is 51.7 Å². The molecule has 1 fully saturated rings. The van der Waals surface area contributed by atoms with Gasteiger partial charge in [0.15, 0.2) is 0 Å². The lowest BCUT2D eigenvalue weighted by Crippen LogP contribution is -2.33. The number of benzene rings is 1. The van der Waals surface area contributed by atoms with Gasteiger partial charge in [-0.1, -0.05) is 6.07 Å². The van der Waals surface area contributed by atoms with E-state index in [-0.39, 0.29) is 5.91 Å². The quantitative estimate of drug-likeness (QED) is 0.594. The highest BCUT2D eigenvalue weighted by Crippen LogP contribution is 2.39. The second-order valence-corrected chi connectivity index (χ2v) is 9.97. The van der Waals surface area contributed by atoms with E-state index in [0.29, 0.717) is 32.0 Å². The molecule has 1 N–H and O–H groups in total. The van der Waals surface area contributed by atoms with E-state index in [2.05, 4.69) is 45.3 Å². The molecule has 0 bridgehead atoms. The standard InChI is InChI=1S/C24H29N5O2S/c1-16-25-21(15-32-16)11-24(30)29-7-8-31-23-6-3-17(9-19(23)13-29)12-28(2)14-20-10-22(27-26-20)18-4-5-18/h3,6,9-10,15,18H,4-5,7-8,11-14H2,1-2H3,(H,26,27). The second-order valence-electron chi connectivity index (χ2n) is 8.91. The van der Waals surface area contributed by atoms with E-state index in [4.69, 9.17) is 4.74 Å². The number of rotatable bonds is 7. The van der Waals surface area contributed by atoms with Gasteiger partial charge in [-0.15, -0.1) is 11.3 Å². The number of nitrogens with one attached hydrogen (secondary N) is 1. The summed E-state index contributed by atoms with van der Waals surface area (Å²) in [6.07, 6.45) is 2.87. The van der Waals surface area contributed by atoms with E-state index in [1.165, 1.54) is 24.1 Å². The number of amides is 1. The molecule has 1 aliphatic carbocycles. The van der Waals surface area contributed by atoms with Crippen LogP contribution in [0.15, 0.2) is 29.6 Å². The summed E-state index contributed by atoms with van der Waals surface area (Å²) in [6.45, 7) is 5.28. The number of aromatic amines is 1. The highest BCUT2D eigenvalue weighted by molar-refractivity contribution is 7.09. The molecule has 1 aliphatic heterocycles. The SMILES string of the molecule is Cc1nc(CC(=O)N2CCOc3ccc(CN(C)Cc4cc(C5CC5)n[nH]4)cc3C2)cs1. The Morgan fingerprint density at radius 3 is 2.97 bits per heavy atom. The van der Waals surface area contributed by atoms with Crippen molar-refractivity contribution >= 4 is 17.2 Å². The van der Waals surface area contributed by atoms with E-state index in [1.807, 2.05) is 23.3 Å². The number of fused-ring (bicyclic) bond motifs is 1. The first kappa shape index (κ1) is 21.2. The molecule has 0 unspecified atom stereocenters. The first-order chi connectivity index (χ1) is 15.5. The number of hydrogen-bond acceptors (Lipinski definition) is 6. The Morgan fingerprint density at radius 1 is 1.31 bits per heavy atom. The van der Waals surface area contributed by atoms with Crippen molar-refractivity contribution < 1.29 is 9.53 Å². The average molecular weight is 452 g/mol. The summed E-state index contributed by atoms with van der Waals surface area (Å²) in [6, 6.07) is 8.53. The highest BCUT2D eigenvalue weighted by atomic mass is 32.1. The van der Waals surface area contributed by atoms with Gasteiger partial charge in [-0.3, -0.25) is 14.8 Å². The van der Waals surface area contributed by atoms with E-state index >= 15 is 0 Å². The van der Waals surface area contributed by atoms with Gasteiger partial charge in [0, 0.05) is 42.2 Å². The summed E-state index contributed by atoms with van der Waals surface area (Å²) >= 11 is 1.58. The summed E-state index contributed by atoms with van der Waals surface area (Å²) in [5.74, 6) is 1.64. The Bertz CT molecular complexity index is 1100. The minimum Gasteiger partial charge on any atom is -0.491 e. The largest absolute Gasteiger partial charge is 0.491 e. The molecule has 3 heterocycles. The summed E-state index contributed by atoms with van der Waals surface area (Å²) in [7, 11) is 2.12. The lowest BCUT2D eigenvalue weighted by atomic mass is 10.1. The third-order valence-electron chi connectivity index (χ3n) is 6.00. The maximum absolute atomic E-state index is 12.9. The van der Waals surface area contributed by atoms with Gasteiger partial charge in [0.25, 0.3) is 0 Å². The van der Waals surface area contributed by atoms with Gasteiger partial charge in [0.2, 0.25) is 5.91 Å². The topological polar surface area (TPSA) is 74.4 Å². The van der Waals surface area contributed by atoms with Crippen LogP contribution in [-0.4, -0.2) is 51.1 Å². The lowest BCUT2D eigenvalue weighted by molar-refractivity contribution is -0.131. The Labute approximate surface area is 192 Å². The van der Waals surface area contributed by atoms with E-state index < -0.39 is 0 Å². The van der Waals surface area contributed by atoms with Crippen LogP contribution in [0.3, 0.4) is 0 Å². The minimum absolute atomic E-state index is 0.0972. The van der Waals surface area contributed by atoms with Crippen LogP contribution in [0, 0.1) is 6.92 Å². The lowest BCUT2D eigenvalue weighted by Gasteiger charge is -2.20. The Morgan fingerprint density at radius 2 is 2.19 bits per heavy atom. The van der Waals surface area contributed by atoms with Gasteiger partial charge >= 0.3 is 0 Å². The Balaban J connectivity index is 1.22. The predicted molar refractivity (Wildman–Crippen MR) is 124 cm³/mol. The predicted octanol–water partition coefficient (Wildman–Crippen LogP) is 3.65. The summed E-state index contributed by atoms with van der Waals surface area (Å²) in [4.78, 5) is 21.5. The number of carbonyl (C=O) groups is 1. The van der Waals surface area contributed by atoms with Crippen molar-refractivity contribution in [3.63, 3.8) is 0 Å². The Kier molecular flexibility index (Phi) is 5.97. The molecule has 0 spiro atoms. The number of ether oxygens (including phenoxy) is 1. The molecule has 0 radical (unpaired) electrons. The van der Waals surface area contributed by atoms with Gasteiger partial charge < -0.3 is 9.64 Å². The van der Waals surface area contributed by atoms with Crippen LogP contribution in [0.4, 0.5) is 0 Å². The molecule has 32 heavy (non-hydrogen) atoms. The van der Waals surface area contributed by atoms with Crippen LogP contribution in [0.2, 0.25) is 0 Å². The normalized spacial score (nSPS) is 16.0. The van der Waals surface area contributed by atoms with Crippen molar-refractivity contribution in [2.24, 2.45) is 0 Å². The van der Waals surface area contributed by atoms with Crippen LogP contribution in [0.5, 0.6) is 5.75 Å². The maximum Gasteiger partial charge on any atom is 0.229 e. The fraction of sp³-hybridized carbons (Fsp3) is 0.458. The van der Waals surface area contributed by atoms with Gasteiger partial charge in [-0.2, -0.15) is 5.10 Å². The third-order valence-corrected chi connectivity index (χ3v) is 6.82. The monoisotopic (exact) mass is 451 g/mol. The molecular formula is C24H29N5O2S. The van der Waals surface area contributed by atoms with E-state index in [9.17, 15) is 4.79 Å². The minimum atomic E-state index is 0.0972. The maximum atomic E-state index is 12.9. The fourth-order valence-corrected chi connectivity index (χ4v) is 4.83. The molecule has 1 saturated carbocycles. The van der Waals surface area contributed by atoms with Crippen LogP contribution in [0.25, 0.3) is 0 Å². The molecule has 3 aromatic rings. The highest BCUT2D eigenvalue weighted by Gasteiger charge is 2.26.